The minimum absolute atomic E-state index is 0.0167. The minimum atomic E-state index is -0.476. The number of ether oxygens (including phenoxy) is 1. The summed E-state index contributed by atoms with van der Waals surface area (Å²) in [6.07, 6.45) is 0.302. The zero-order valence-electron chi connectivity index (χ0n) is 11.3. The van der Waals surface area contributed by atoms with E-state index >= 15 is 0 Å². The highest BCUT2D eigenvalue weighted by Gasteiger charge is 2.23. The van der Waals surface area contributed by atoms with Crippen LogP contribution in [0.4, 0.5) is 4.79 Å². The van der Waals surface area contributed by atoms with Gasteiger partial charge < -0.3 is 15.2 Å². The summed E-state index contributed by atoms with van der Waals surface area (Å²) in [6.45, 7) is 11.4. The van der Waals surface area contributed by atoms with E-state index in [9.17, 15) is 4.79 Å². The highest BCUT2D eigenvalue weighted by atomic mass is 16.6. The lowest BCUT2D eigenvalue weighted by Crippen LogP contribution is -2.40. The van der Waals surface area contributed by atoms with Gasteiger partial charge in [-0.2, -0.15) is 0 Å². The van der Waals surface area contributed by atoms with Crippen LogP contribution in [0.1, 0.15) is 48.0 Å². The Labute approximate surface area is 98.4 Å². The molecule has 0 radical (unpaired) electrons. The van der Waals surface area contributed by atoms with Crippen molar-refractivity contribution in [1.29, 1.82) is 0 Å². The first-order chi connectivity index (χ1) is 7.06. The molecule has 4 nitrogen and oxygen atoms in total. The SMILES string of the molecule is C[C@@H](CC(C)(C)CO)NC(=O)OC(C)(C)C. The molecule has 2 N–H and O–H groups in total. The highest BCUT2D eigenvalue weighted by molar-refractivity contribution is 5.68. The summed E-state index contributed by atoms with van der Waals surface area (Å²) in [7, 11) is 0. The molecule has 0 heterocycles. The Morgan fingerprint density at radius 2 is 1.81 bits per heavy atom. The molecular weight excluding hydrogens is 206 g/mol. The van der Waals surface area contributed by atoms with Crippen molar-refractivity contribution in [3.05, 3.63) is 0 Å². The molecule has 0 aliphatic carbocycles. The third kappa shape index (κ3) is 7.51. The smallest absolute Gasteiger partial charge is 0.407 e. The van der Waals surface area contributed by atoms with E-state index in [1.54, 1.807) is 0 Å². The summed E-state index contributed by atoms with van der Waals surface area (Å²) in [5.41, 5.74) is -0.662. The first-order valence-corrected chi connectivity index (χ1v) is 5.66. The van der Waals surface area contributed by atoms with Crippen molar-refractivity contribution in [2.24, 2.45) is 5.41 Å². The summed E-state index contributed by atoms with van der Waals surface area (Å²) < 4.78 is 5.14. The lowest BCUT2D eigenvalue weighted by molar-refractivity contribution is 0.0484. The van der Waals surface area contributed by atoms with Crippen LogP contribution in [0, 0.1) is 5.41 Å². The molecule has 0 saturated carbocycles. The molecule has 0 bridgehead atoms. The van der Waals surface area contributed by atoms with Gasteiger partial charge in [0.15, 0.2) is 0 Å². The molecule has 0 aromatic rings. The van der Waals surface area contributed by atoms with Crippen LogP contribution in [0.15, 0.2) is 0 Å². The van der Waals surface area contributed by atoms with Crippen LogP contribution in [-0.4, -0.2) is 29.4 Å². The maximum atomic E-state index is 11.4. The molecule has 16 heavy (non-hydrogen) atoms. The van der Waals surface area contributed by atoms with Crippen molar-refractivity contribution in [3.63, 3.8) is 0 Å². The maximum Gasteiger partial charge on any atom is 0.407 e. The number of hydrogen-bond acceptors (Lipinski definition) is 3. The van der Waals surface area contributed by atoms with Gasteiger partial charge in [0.2, 0.25) is 0 Å². The third-order valence-electron chi connectivity index (χ3n) is 2.05. The zero-order valence-corrected chi connectivity index (χ0v) is 11.3. The molecule has 0 fully saturated rings. The molecule has 0 unspecified atom stereocenters. The molecule has 0 aromatic carbocycles. The highest BCUT2D eigenvalue weighted by Crippen LogP contribution is 2.21. The van der Waals surface area contributed by atoms with Crippen molar-refractivity contribution >= 4 is 6.09 Å². The quantitative estimate of drug-likeness (QED) is 0.780. The normalized spacial score (nSPS) is 14.4. The van der Waals surface area contributed by atoms with Gasteiger partial charge in [0.1, 0.15) is 5.60 Å². The van der Waals surface area contributed by atoms with E-state index < -0.39 is 11.7 Å². The number of amides is 1. The number of carbonyl (C=O) groups is 1. The van der Waals surface area contributed by atoms with E-state index in [0.717, 1.165) is 0 Å². The second-order valence-electron chi connectivity index (χ2n) is 6.07. The van der Waals surface area contributed by atoms with Gasteiger partial charge in [-0.1, -0.05) is 13.8 Å². The Bertz CT molecular complexity index is 231. The molecule has 0 spiro atoms. The van der Waals surface area contributed by atoms with Crippen LogP contribution in [0.2, 0.25) is 0 Å². The number of rotatable bonds is 4. The van der Waals surface area contributed by atoms with Gasteiger partial charge in [-0.15, -0.1) is 0 Å². The maximum absolute atomic E-state index is 11.4. The van der Waals surface area contributed by atoms with Gasteiger partial charge in [0.05, 0.1) is 0 Å². The predicted molar refractivity (Wildman–Crippen MR) is 64.3 cm³/mol. The van der Waals surface area contributed by atoms with E-state index in [0.29, 0.717) is 6.42 Å². The standard InChI is InChI=1S/C12H25NO3/c1-9(7-12(5,6)8-14)13-10(15)16-11(2,3)4/h9,14H,7-8H2,1-6H3,(H,13,15)/t9-/m0/s1. The minimum Gasteiger partial charge on any atom is -0.444 e. The summed E-state index contributed by atoms with van der Waals surface area (Å²) in [6, 6.07) is -0.0167. The Morgan fingerprint density at radius 3 is 2.19 bits per heavy atom. The number of aliphatic hydroxyl groups excluding tert-OH is 1. The molecule has 0 aromatic heterocycles. The Hall–Kier alpha value is -0.770. The van der Waals surface area contributed by atoms with Gasteiger partial charge in [0.25, 0.3) is 0 Å². The summed E-state index contributed by atoms with van der Waals surface area (Å²) in [5.74, 6) is 0. The van der Waals surface area contributed by atoms with E-state index in [2.05, 4.69) is 5.32 Å². The molecule has 4 heteroatoms. The first kappa shape index (κ1) is 15.2. The van der Waals surface area contributed by atoms with E-state index in [1.165, 1.54) is 0 Å². The van der Waals surface area contributed by atoms with Gasteiger partial charge in [-0.05, 0) is 39.5 Å². The van der Waals surface area contributed by atoms with Crippen LogP contribution in [0.3, 0.4) is 0 Å². The average Bonchev–Trinajstić information content (AvgIpc) is 1.98. The van der Waals surface area contributed by atoms with E-state index in [4.69, 9.17) is 9.84 Å². The van der Waals surface area contributed by atoms with Crippen LogP contribution >= 0.6 is 0 Å². The predicted octanol–water partition coefficient (Wildman–Crippen LogP) is 2.31. The lowest BCUT2D eigenvalue weighted by atomic mass is 9.87. The molecule has 0 rings (SSSR count). The Balaban J connectivity index is 4.06. The number of aliphatic hydroxyl groups is 1. The topological polar surface area (TPSA) is 58.6 Å². The van der Waals surface area contributed by atoms with Crippen LogP contribution < -0.4 is 5.32 Å². The van der Waals surface area contributed by atoms with Crippen molar-refractivity contribution in [2.75, 3.05) is 6.61 Å². The Morgan fingerprint density at radius 1 is 1.31 bits per heavy atom. The molecule has 0 aliphatic heterocycles. The first-order valence-electron chi connectivity index (χ1n) is 5.66. The van der Waals surface area contributed by atoms with E-state index in [-0.39, 0.29) is 18.1 Å². The number of carbonyl (C=O) groups excluding carboxylic acids is 1. The number of hydrogen-bond donors (Lipinski definition) is 2. The van der Waals surface area contributed by atoms with Crippen molar-refractivity contribution < 1.29 is 14.6 Å². The third-order valence-corrected chi connectivity index (χ3v) is 2.05. The van der Waals surface area contributed by atoms with Gasteiger partial charge >= 0.3 is 6.09 Å². The fourth-order valence-electron chi connectivity index (χ4n) is 1.45. The fraction of sp³-hybridized carbons (Fsp3) is 0.917. The second kappa shape index (κ2) is 5.53. The molecule has 1 amide bonds. The molecular formula is C12H25NO3. The van der Waals surface area contributed by atoms with Gasteiger partial charge in [0, 0.05) is 12.6 Å². The molecule has 0 aliphatic rings. The van der Waals surface area contributed by atoms with Gasteiger partial charge in [-0.25, -0.2) is 4.79 Å². The number of alkyl carbamates (subject to hydrolysis) is 1. The van der Waals surface area contributed by atoms with Crippen LogP contribution in [0.25, 0.3) is 0 Å². The number of nitrogens with one attached hydrogen (secondary N) is 1. The van der Waals surface area contributed by atoms with Gasteiger partial charge in [-0.3, -0.25) is 0 Å². The monoisotopic (exact) mass is 231 g/mol. The Kier molecular flexibility index (Phi) is 5.26. The van der Waals surface area contributed by atoms with Crippen LogP contribution in [0.5, 0.6) is 0 Å². The summed E-state index contributed by atoms with van der Waals surface area (Å²) in [5, 5.41) is 11.9. The molecule has 0 saturated heterocycles. The molecule has 96 valence electrons. The van der Waals surface area contributed by atoms with Crippen molar-refractivity contribution in [3.8, 4) is 0 Å². The zero-order chi connectivity index (χ0) is 13.0. The summed E-state index contributed by atoms with van der Waals surface area (Å²) >= 11 is 0. The van der Waals surface area contributed by atoms with E-state index in [1.807, 2.05) is 41.5 Å². The largest absolute Gasteiger partial charge is 0.444 e. The lowest BCUT2D eigenvalue weighted by Gasteiger charge is -2.27. The molecule has 1 atom stereocenters. The average molecular weight is 231 g/mol. The summed E-state index contributed by atoms with van der Waals surface area (Å²) in [4.78, 5) is 11.4. The van der Waals surface area contributed by atoms with Crippen molar-refractivity contribution in [2.45, 2.75) is 59.6 Å². The fourth-order valence-corrected chi connectivity index (χ4v) is 1.45. The van der Waals surface area contributed by atoms with Crippen LogP contribution in [-0.2, 0) is 4.74 Å². The second-order valence-corrected chi connectivity index (χ2v) is 6.07. The van der Waals surface area contributed by atoms with Crippen molar-refractivity contribution in [1.82, 2.24) is 5.32 Å².